The fraction of sp³-hybridized carbons (Fsp3) is 0.659. The molecule has 0 saturated heterocycles. The molecule has 1 aliphatic heterocycles. The summed E-state index contributed by atoms with van der Waals surface area (Å²) in [5, 5.41) is 24.6. The maximum atomic E-state index is 14.6. The molecular formula is C41H48O13. The van der Waals surface area contributed by atoms with Gasteiger partial charge in [-0.1, -0.05) is 25.5 Å². The van der Waals surface area contributed by atoms with Gasteiger partial charge in [-0.2, -0.15) is 0 Å². The van der Waals surface area contributed by atoms with Crippen LogP contribution in [0, 0.1) is 52.3 Å². The summed E-state index contributed by atoms with van der Waals surface area (Å²) in [4.78, 5) is 79.8. The van der Waals surface area contributed by atoms with Crippen molar-refractivity contribution in [3.05, 3.63) is 45.1 Å². The lowest BCUT2D eigenvalue weighted by atomic mass is 9.42. The van der Waals surface area contributed by atoms with Gasteiger partial charge in [-0.15, -0.1) is 0 Å². The minimum absolute atomic E-state index is 0.00712. The zero-order valence-electron chi connectivity index (χ0n) is 31.7. The Hall–Kier alpha value is -4.10. The molecule has 12 atom stereocenters. The molecule has 1 heterocycles. The number of hydrogen-bond acceptors (Lipinski definition) is 13. The van der Waals surface area contributed by atoms with E-state index in [9.17, 15) is 39.0 Å². The number of rotatable bonds is 9. The van der Waals surface area contributed by atoms with Crippen molar-refractivity contribution in [1.29, 1.82) is 0 Å². The maximum absolute atomic E-state index is 14.6. The van der Waals surface area contributed by atoms with E-state index in [-0.39, 0.29) is 66.3 Å². The molecule has 8 aliphatic rings. The number of allylic oxidation sites excluding steroid dienone is 2. The number of fused-ring (bicyclic) bond motifs is 7. The van der Waals surface area contributed by atoms with Gasteiger partial charge in [0.25, 0.3) is 0 Å². The summed E-state index contributed by atoms with van der Waals surface area (Å²) < 4.78 is 27.9. The standard InChI is InChI=1S/C41H48O13/c1-8-17(2)35(46)53-16-40(49)25-13-24(25)38(4)26(40)14-23-21(15-52-29(43)10-9-28(42)50-6)37(48)54-41(23)27(38)12-20-19-11-22(19)39(5)31(20)32(41)30(33(44)34(39)45)18(3)36(47)51-7/h8,19,22,24-27,32,34,45,49H,9-16H2,1-7H3/b17-8-,30-18-/t19-,22-,24-,25+,26?,27+,32+,34+,38+,39+,40+,41+/m1/s1. The second-order valence-electron chi connectivity index (χ2n) is 17.1. The van der Waals surface area contributed by atoms with E-state index in [0.29, 0.717) is 24.0 Å². The molecule has 0 radical (unpaired) electrons. The number of ketones is 1. The highest BCUT2D eigenvalue weighted by atomic mass is 16.6. The molecule has 290 valence electrons. The minimum atomic E-state index is -1.52. The van der Waals surface area contributed by atoms with Crippen LogP contribution in [0.5, 0.6) is 0 Å². The predicted octanol–water partition coefficient (Wildman–Crippen LogP) is 3.01. The number of hydrogen-bond donors (Lipinski definition) is 2. The molecule has 0 aromatic carbocycles. The molecule has 7 aliphatic carbocycles. The van der Waals surface area contributed by atoms with Crippen molar-refractivity contribution in [3.8, 4) is 0 Å². The fourth-order valence-electron chi connectivity index (χ4n) is 12.5. The quantitative estimate of drug-likeness (QED) is 0.152. The Balaban J connectivity index is 1.32. The van der Waals surface area contributed by atoms with Crippen LogP contribution < -0.4 is 0 Å². The van der Waals surface area contributed by atoms with Gasteiger partial charge in [0.15, 0.2) is 5.78 Å². The van der Waals surface area contributed by atoms with Crippen molar-refractivity contribution in [2.45, 2.75) is 90.4 Å². The smallest absolute Gasteiger partial charge is 0.338 e. The van der Waals surface area contributed by atoms with Gasteiger partial charge in [0.2, 0.25) is 0 Å². The molecule has 0 aromatic heterocycles. The molecule has 8 rings (SSSR count). The van der Waals surface area contributed by atoms with Gasteiger partial charge in [-0.3, -0.25) is 14.4 Å². The van der Waals surface area contributed by atoms with Crippen LogP contribution in [0.4, 0.5) is 0 Å². The number of aliphatic hydroxyl groups is 2. The van der Waals surface area contributed by atoms with Gasteiger partial charge >= 0.3 is 29.8 Å². The second-order valence-corrected chi connectivity index (χ2v) is 17.1. The van der Waals surface area contributed by atoms with E-state index in [1.165, 1.54) is 21.1 Å². The number of carbonyl (C=O) groups excluding carboxylic acids is 6. The summed E-state index contributed by atoms with van der Waals surface area (Å²) in [5.74, 6) is -6.07. The highest BCUT2D eigenvalue weighted by Crippen LogP contribution is 2.83. The number of ether oxygens (including phenoxy) is 5. The van der Waals surface area contributed by atoms with Crippen molar-refractivity contribution in [2.24, 2.45) is 52.3 Å². The van der Waals surface area contributed by atoms with Crippen LogP contribution in [-0.2, 0) is 52.5 Å². The third-order valence-electron chi connectivity index (χ3n) is 15.3. The van der Waals surface area contributed by atoms with E-state index >= 15 is 0 Å². The number of Topliss-reactive ketones (excluding diaryl/α,β-unsaturated/α-hetero) is 1. The summed E-state index contributed by atoms with van der Waals surface area (Å²) in [5.41, 5.74) is -1.71. The van der Waals surface area contributed by atoms with Crippen LogP contribution >= 0.6 is 0 Å². The van der Waals surface area contributed by atoms with Crippen molar-refractivity contribution in [2.75, 3.05) is 27.4 Å². The molecule has 5 saturated carbocycles. The van der Waals surface area contributed by atoms with Crippen LogP contribution in [0.15, 0.2) is 45.1 Å². The Morgan fingerprint density at radius 1 is 0.907 bits per heavy atom. The Morgan fingerprint density at radius 3 is 2.28 bits per heavy atom. The van der Waals surface area contributed by atoms with Crippen LogP contribution in [0.25, 0.3) is 0 Å². The topological polar surface area (TPSA) is 189 Å². The van der Waals surface area contributed by atoms with E-state index in [0.717, 1.165) is 17.6 Å². The van der Waals surface area contributed by atoms with Gasteiger partial charge in [0.05, 0.1) is 38.6 Å². The number of methoxy groups -OCH3 is 2. The largest absolute Gasteiger partial charge is 0.469 e. The Kier molecular flexibility index (Phi) is 8.16. The van der Waals surface area contributed by atoms with E-state index in [2.05, 4.69) is 11.7 Å². The molecule has 13 nitrogen and oxygen atoms in total. The third kappa shape index (κ3) is 4.51. The van der Waals surface area contributed by atoms with Gasteiger partial charge in [0.1, 0.15) is 30.5 Å². The maximum Gasteiger partial charge on any atom is 0.338 e. The van der Waals surface area contributed by atoms with E-state index in [1.54, 1.807) is 19.9 Å². The zero-order valence-corrected chi connectivity index (χ0v) is 31.7. The molecule has 5 fully saturated rings. The molecular weight excluding hydrogens is 700 g/mol. The van der Waals surface area contributed by atoms with Gasteiger partial charge in [-0.25, -0.2) is 14.4 Å². The van der Waals surface area contributed by atoms with Crippen LogP contribution in [0.2, 0.25) is 0 Å². The lowest BCUT2D eigenvalue weighted by molar-refractivity contribution is -0.191. The molecule has 0 bridgehead atoms. The Labute approximate surface area is 313 Å². The molecule has 13 heteroatoms. The lowest BCUT2D eigenvalue weighted by Crippen LogP contribution is -2.67. The number of esters is 5. The number of carbonyl (C=O) groups is 6. The van der Waals surface area contributed by atoms with E-state index in [4.69, 9.17) is 18.9 Å². The highest BCUT2D eigenvalue weighted by Gasteiger charge is 2.84. The molecule has 1 unspecified atom stereocenters. The first-order valence-corrected chi connectivity index (χ1v) is 18.9. The normalized spacial score (nSPS) is 42.8. The predicted molar refractivity (Wildman–Crippen MR) is 185 cm³/mol. The first-order valence-electron chi connectivity index (χ1n) is 18.9. The monoisotopic (exact) mass is 748 g/mol. The molecule has 0 amide bonds. The Bertz CT molecular complexity index is 1950. The molecule has 2 N–H and O–H groups in total. The summed E-state index contributed by atoms with van der Waals surface area (Å²) in [7, 11) is 2.43. The summed E-state index contributed by atoms with van der Waals surface area (Å²) >= 11 is 0. The van der Waals surface area contributed by atoms with Crippen molar-refractivity contribution in [1.82, 2.24) is 0 Å². The second kappa shape index (κ2) is 11.9. The molecule has 0 aromatic rings. The summed E-state index contributed by atoms with van der Waals surface area (Å²) in [6, 6.07) is 0. The lowest BCUT2D eigenvalue weighted by Gasteiger charge is -2.63. The van der Waals surface area contributed by atoms with Crippen LogP contribution in [0.1, 0.15) is 73.1 Å². The van der Waals surface area contributed by atoms with Crippen molar-refractivity contribution < 1.29 is 62.7 Å². The average Bonchev–Trinajstić information content (AvgIpc) is 4.08. The highest BCUT2D eigenvalue weighted by molar-refractivity contribution is 6.09. The number of aliphatic hydroxyl groups excluding tert-OH is 1. The van der Waals surface area contributed by atoms with Gasteiger partial charge in [-0.05, 0) is 86.7 Å². The van der Waals surface area contributed by atoms with E-state index < -0.39 is 88.1 Å². The summed E-state index contributed by atoms with van der Waals surface area (Å²) in [6.07, 6.45) is 1.75. The van der Waals surface area contributed by atoms with Gasteiger partial charge in [0, 0.05) is 34.0 Å². The van der Waals surface area contributed by atoms with Crippen molar-refractivity contribution in [3.63, 3.8) is 0 Å². The van der Waals surface area contributed by atoms with E-state index in [1.807, 2.05) is 6.92 Å². The molecule has 1 spiro atoms. The summed E-state index contributed by atoms with van der Waals surface area (Å²) in [6.45, 7) is 8.14. The minimum Gasteiger partial charge on any atom is -0.469 e. The van der Waals surface area contributed by atoms with Crippen molar-refractivity contribution >= 4 is 35.6 Å². The molecule has 54 heavy (non-hydrogen) atoms. The van der Waals surface area contributed by atoms with Gasteiger partial charge < -0.3 is 33.9 Å². The Morgan fingerprint density at radius 2 is 1.61 bits per heavy atom. The zero-order chi connectivity index (χ0) is 39.0. The SMILES string of the molecule is C/C=C(/C)C(=O)OC[C@@]1(O)C2CC3=C(COC(=O)CCC(=O)OC)C(=O)O[C@@]34[C@@H]3C5=C(C[C@H]4[C@@]2(C)[C@@H]2C[C@@H]21)[C@H]1C[C@H]1[C@]5(C)[C@@H](O)C(=O)/C3=C(/C)C(=O)OC. The fourth-order valence-corrected chi connectivity index (χ4v) is 12.5. The first kappa shape index (κ1) is 36.9. The first-order chi connectivity index (χ1) is 25.5. The van der Waals surface area contributed by atoms with Crippen LogP contribution in [0.3, 0.4) is 0 Å². The third-order valence-corrected chi connectivity index (χ3v) is 15.3. The van der Waals surface area contributed by atoms with Crippen LogP contribution in [-0.4, -0.2) is 90.6 Å². The average molecular weight is 749 g/mol.